The minimum absolute atomic E-state index is 0.0721. The third kappa shape index (κ3) is 5.92. The van der Waals surface area contributed by atoms with E-state index < -0.39 is 5.92 Å². The van der Waals surface area contributed by atoms with Gasteiger partial charge in [0.05, 0.1) is 22.2 Å². The number of carbonyl (C=O) groups excluding carboxylic acids is 2. The van der Waals surface area contributed by atoms with Crippen molar-refractivity contribution in [1.82, 2.24) is 5.43 Å². The average Bonchev–Trinajstić information content (AvgIpc) is 3.22. The number of para-hydroxylation sites is 1. The molecule has 0 aliphatic carbocycles. The number of halogens is 2. The first-order valence-corrected chi connectivity index (χ1v) is 11.1. The van der Waals surface area contributed by atoms with Gasteiger partial charge in [0.1, 0.15) is 12.4 Å². The number of benzene rings is 3. The zero-order valence-corrected chi connectivity index (χ0v) is 19.1. The van der Waals surface area contributed by atoms with Gasteiger partial charge in [-0.3, -0.25) is 9.59 Å². The summed E-state index contributed by atoms with van der Waals surface area (Å²) in [6.07, 6.45) is 1.70. The van der Waals surface area contributed by atoms with Gasteiger partial charge < -0.3 is 9.64 Å². The zero-order valence-electron chi connectivity index (χ0n) is 17.6. The molecular formula is C25H21Cl2N3O3. The maximum absolute atomic E-state index is 12.5. The molecule has 0 saturated carbocycles. The predicted octanol–water partition coefficient (Wildman–Crippen LogP) is 5.08. The number of amides is 2. The van der Waals surface area contributed by atoms with Crippen LogP contribution in [0.5, 0.6) is 5.75 Å². The van der Waals surface area contributed by atoms with Gasteiger partial charge in [-0.1, -0.05) is 59.6 Å². The van der Waals surface area contributed by atoms with Gasteiger partial charge in [-0.15, -0.1) is 0 Å². The molecule has 0 bridgehead atoms. The van der Waals surface area contributed by atoms with E-state index in [2.05, 4.69) is 10.5 Å². The quantitative estimate of drug-likeness (QED) is 0.378. The number of carbonyl (C=O) groups is 2. The van der Waals surface area contributed by atoms with E-state index in [0.29, 0.717) is 28.9 Å². The van der Waals surface area contributed by atoms with E-state index in [0.717, 1.165) is 16.8 Å². The van der Waals surface area contributed by atoms with E-state index >= 15 is 0 Å². The molecule has 168 valence electrons. The Balaban J connectivity index is 1.30. The standard InChI is InChI=1S/C25H21Cl2N3O3/c26-22-10-9-18(12-23(22)27)16-33-21-8-4-5-17(11-21)14-28-29-25(32)19-13-24(31)30(15-19)20-6-2-1-3-7-20/h1-12,14,19H,13,15-16H2,(H,29,32)/b28-14-/t19-/m1/s1. The Hall–Kier alpha value is -3.35. The molecule has 3 aromatic carbocycles. The Morgan fingerprint density at radius 1 is 1.06 bits per heavy atom. The van der Waals surface area contributed by atoms with Crippen LogP contribution >= 0.6 is 23.2 Å². The maximum Gasteiger partial charge on any atom is 0.245 e. The van der Waals surface area contributed by atoms with E-state index in [1.54, 1.807) is 17.0 Å². The first-order chi connectivity index (χ1) is 16.0. The monoisotopic (exact) mass is 481 g/mol. The third-order valence-corrected chi connectivity index (χ3v) is 5.94. The molecule has 3 aromatic rings. The molecule has 4 rings (SSSR count). The molecule has 33 heavy (non-hydrogen) atoms. The number of ether oxygens (including phenoxy) is 1. The van der Waals surface area contributed by atoms with Gasteiger partial charge in [0.15, 0.2) is 0 Å². The second-order valence-corrected chi connectivity index (χ2v) is 8.40. The van der Waals surface area contributed by atoms with E-state index in [1.807, 2.05) is 60.7 Å². The summed E-state index contributed by atoms with van der Waals surface area (Å²) in [6.45, 7) is 0.671. The minimum Gasteiger partial charge on any atom is -0.489 e. The molecule has 0 spiro atoms. The molecule has 1 N–H and O–H groups in total. The lowest BCUT2D eigenvalue weighted by Gasteiger charge is -2.16. The van der Waals surface area contributed by atoms with Crippen molar-refractivity contribution in [3.05, 3.63) is 94.0 Å². The molecule has 1 heterocycles. The van der Waals surface area contributed by atoms with Crippen LogP contribution in [-0.2, 0) is 16.2 Å². The van der Waals surface area contributed by atoms with Crippen LogP contribution in [0.25, 0.3) is 0 Å². The van der Waals surface area contributed by atoms with Crippen molar-refractivity contribution < 1.29 is 14.3 Å². The first-order valence-electron chi connectivity index (χ1n) is 10.3. The van der Waals surface area contributed by atoms with Crippen LogP contribution in [0, 0.1) is 5.92 Å². The van der Waals surface area contributed by atoms with E-state index in [9.17, 15) is 9.59 Å². The molecule has 0 radical (unpaired) electrons. The molecule has 1 fully saturated rings. The second-order valence-electron chi connectivity index (χ2n) is 7.58. The van der Waals surface area contributed by atoms with Crippen molar-refractivity contribution in [3.63, 3.8) is 0 Å². The largest absolute Gasteiger partial charge is 0.489 e. The van der Waals surface area contributed by atoms with Gasteiger partial charge in [-0.25, -0.2) is 5.43 Å². The van der Waals surface area contributed by atoms with Crippen LogP contribution in [0.15, 0.2) is 77.9 Å². The number of nitrogens with one attached hydrogen (secondary N) is 1. The highest BCUT2D eigenvalue weighted by Crippen LogP contribution is 2.25. The Bertz CT molecular complexity index is 1180. The molecule has 1 atom stereocenters. The molecular weight excluding hydrogens is 461 g/mol. The number of nitrogens with zero attached hydrogens (tertiary/aromatic N) is 2. The highest BCUT2D eigenvalue weighted by molar-refractivity contribution is 6.42. The molecule has 2 amide bonds. The van der Waals surface area contributed by atoms with Crippen molar-refractivity contribution in [1.29, 1.82) is 0 Å². The van der Waals surface area contributed by atoms with Crippen molar-refractivity contribution in [3.8, 4) is 5.75 Å². The molecule has 1 aliphatic rings. The molecule has 1 saturated heterocycles. The lowest BCUT2D eigenvalue weighted by Crippen LogP contribution is -2.30. The number of anilines is 1. The summed E-state index contributed by atoms with van der Waals surface area (Å²) in [5.74, 6) is -0.158. The van der Waals surface area contributed by atoms with Crippen LogP contribution in [0.2, 0.25) is 10.0 Å². The maximum atomic E-state index is 12.5. The number of hydrogen-bond acceptors (Lipinski definition) is 4. The van der Waals surface area contributed by atoms with E-state index in [1.165, 1.54) is 6.21 Å². The molecule has 0 unspecified atom stereocenters. The van der Waals surface area contributed by atoms with Crippen molar-refractivity contribution >= 4 is 46.9 Å². The van der Waals surface area contributed by atoms with Crippen LogP contribution < -0.4 is 15.1 Å². The lowest BCUT2D eigenvalue weighted by atomic mass is 10.1. The minimum atomic E-state index is -0.448. The Labute approximate surface area is 201 Å². The molecule has 0 aromatic heterocycles. The summed E-state index contributed by atoms with van der Waals surface area (Å²) in [6, 6.07) is 22.0. The van der Waals surface area contributed by atoms with Crippen LogP contribution in [0.3, 0.4) is 0 Å². The summed E-state index contributed by atoms with van der Waals surface area (Å²) in [7, 11) is 0. The Kier molecular flexibility index (Phi) is 7.27. The summed E-state index contributed by atoms with van der Waals surface area (Å²) in [5, 5.41) is 5.02. The Morgan fingerprint density at radius 2 is 1.88 bits per heavy atom. The SMILES string of the molecule is O=C(N/N=C\c1cccc(OCc2ccc(Cl)c(Cl)c2)c1)[C@@H]1CC(=O)N(c2ccccc2)C1. The van der Waals surface area contributed by atoms with Crippen LogP contribution in [0.4, 0.5) is 5.69 Å². The third-order valence-electron chi connectivity index (χ3n) is 5.20. The predicted molar refractivity (Wildman–Crippen MR) is 130 cm³/mol. The highest BCUT2D eigenvalue weighted by Gasteiger charge is 2.34. The average molecular weight is 482 g/mol. The molecule has 8 heteroatoms. The van der Waals surface area contributed by atoms with Crippen molar-refractivity contribution in [2.45, 2.75) is 13.0 Å². The normalized spacial score (nSPS) is 15.8. The van der Waals surface area contributed by atoms with Gasteiger partial charge in [0.2, 0.25) is 11.8 Å². The van der Waals surface area contributed by atoms with Crippen molar-refractivity contribution in [2.75, 3.05) is 11.4 Å². The zero-order chi connectivity index (χ0) is 23.2. The fourth-order valence-corrected chi connectivity index (χ4v) is 3.80. The van der Waals surface area contributed by atoms with E-state index in [-0.39, 0.29) is 18.2 Å². The van der Waals surface area contributed by atoms with Gasteiger partial charge in [0.25, 0.3) is 0 Å². The van der Waals surface area contributed by atoms with Gasteiger partial charge >= 0.3 is 0 Å². The van der Waals surface area contributed by atoms with E-state index in [4.69, 9.17) is 27.9 Å². The fourth-order valence-electron chi connectivity index (χ4n) is 3.48. The highest BCUT2D eigenvalue weighted by atomic mass is 35.5. The summed E-state index contributed by atoms with van der Waals surface area (Å²) >= 11 is 12.0. The van der Waals surface area contributed by atoms with Gasteiger partial charge in [-0.05, 0) is 47.5 Å². The number of hydrazone groups is 1. The first kappa shape index (κ1) is 22.8. The smallest absolute Gasteiger partial charge is 0.245 e. The summed E-state index contributed by atoms with van der Waals surface area (Å²) < 4.78 is 5.81. The molecule has 6 nitrogen and oxygen atoms in total. The lowest BCUT2D eigenvalue weighted by molar-refractivity contribution is -0.126. The fraction of sp³-hybridized carbons (Fsp3) is 0.160. The number of hydrogen-bond donors (Lipinski definition) is 1. The van der Waals surface area contributed by atoms with Crippen LogP contribution in [0.1, 0.15) is 17.5 Å². The summed E-state index contributed by atoms with van der Waals surface area (Å²) in [5.41, 5.74) is 4.98. The van der Waals surface area contributed by atoms with Gasteiger partial charge in [0, 0.05) is 18.7 Å². The molecule has 1 aliphatic heterocycles. The second kappa shape index (κ2) is 10.5. The van der Waals surface area contributed by atoms with Crippen LogP contribution in [-0.4, -0.2) is 24.6 Å². The van der Waals surface area contributed by atoms with Gasteiger partial charge in [-0.2, -0.15) is 5.10 Å². The van der Waals surface area contributed by atoms with Crippen molar-refractivity contribution in [2.24, 2.45) is 11.0 Å². The Morgan fingerprint density at radius 3 is 2.67 bits per heavy atom. The topological polar surface area (TPSA) is 71.0 Å². The summed E-state index contributed by atoms with van der Waals surface area (Å²) in [4.78, 5) is 26.4. The number of rotatable bonds is 7.